The van der Waals surface area contributed by atoms with Gasteiger partial charge in [0, 0.05) is 35.6 Å². The number of rotatable bonds is 8. The van der Waals surface area contributed by atoms with Gasteiger partial charge in [-0.1, -0.05) is 43.3 Å². The lowest BCUT2D eigenvalue weighted by molar-refractivity contribution is 0.102. The van der Waals surface area contributed by atoms with Crippen LogP contribution >= 0.6 is 0 Å². The molecule has 2 heterocycles. The Balaban J connectivity index is 1.33. The fraction of sp³-hybridized carbons (Fsp3) is 0.294. The molecule has 0 bridgehead atoms. The number of nitrogens with zero attached hydrogens (tertiary/aromatic N) is 2. The van der Waals surface area contributed by atoms with Gasteiger partial charge in [0.1, 0.15) is 11.6 Å². The van der Waals surface area contributed by atoms with E-state index in [4.69, 9.17) is 14.5 Å². The van der Waals surface area contributed by atoms with Crippen LogP contribution in [0.1, 0.15) is 47.8 Å². The van der Waals surface area contributed by atoms with Gasteiger partial charge in [-0.25, -0.2) is 4.99 Å². The van der Waals surface area contributed by atoms with Crippen LogP contribution in [-0.4, -0.2) is 45.0 Å². The van der Waals surface area contributed by atoms with Crippen LogP contribution in [0.25, 0.3) is 0 Å². The number of methoxy groups -OCH3 is 1. The molecule has 1 unspecified atom stereocenters. The molecule has 3 aromatic rings. The van der Waals surface area contributed by atoms with E-state index in [2.05, 4.69) is 77.9 Å². The van der Waals surface area contributed by atoms with E-state index < -0.39 is 0 Å². The highest BCUT2D eigenvalue weighted by Crippen LogP contribution is 2.24. The summed E-state index contributed by atoms with van der Waals surface area (Å²) in [5.41, 5.74) is 5.53. The largest absolute Gasteiger partial charge is 0.497 e. The van der Waals surface area contributed by atoms with E-state index >= 15 is 0 Å². The normalized spacial score (nSPS) is 18.7. The maximum Gasteiger partial charge on any atom is 0.255 e. The van der Waals surface area contributed by atoms with Gasteiger partial charge >= 0.3 is 0 Å². The Kier molecular flexibility index (Phi) is 9.16. The van der Waals surface area contributed by atoms with Gasteiger partial charge in [0.05, 0.1) is 32.1 Å². The highest BCUT2D eigenvalue weighted by Gasteiger charge is 2.15. The fourth-order valence-corrected chi connectivity index (χ4v) is 5.02. The number of allylic oxidation sites excluding steroid dienone is 3. The summed E-state index contributed by atoms with van der Waals surface area (Å²) in [7, 11) is 1.59. The minimum absolute atomic E-state index is 0.0322. The highest BCUT2D eigenvalue weighted by atomic mass is 16.5. The van der Waals surface area contributed by atoms with Gasteiger partial charge in [-0.15, -0.1) is 0 Å². The number of carbonyl (C=O) groups excluding carboxylic acids is 1. The third kappa shape index (κ3) is 7.44. The first kappa shape index (κ1) is 28.2. The average molecular weight is 551 g/mol. The molecular formula is C34H38N4O3. The van der Waals surface area contributed by atoms with Crippen molar-refractivity contribution in [2.75, 3.05) is 43.6 Å². The SMILES string of the molecule is COc1cccc(C(=O)Nc2cccc([C@H](C)NC3=CC(C)C/C=C/C(c4cccc(N5CCOCC5)c4)=N3)c2)c1. The second-order valence-corrected chi connectivity index (χ2v) is 10.5. The van der Waals surface area contributed by atoms with E-state index in [0.717, 1.165) is 61.1 Å². The van der Waals surface area contributed by atoms with Crippen LogP contribution in [0, 0.1) is 5.92 Å². The van der Waals surface area contributed by atoms with Gasteiger partial charge in [0.25, 0.3) is 5.91 Å². The number of ether oxygens (including phenoxy) is 2. The first-order valence-electron chi connectivity index (χ1n) is 14.2. The maximum absolute atomic E-state index is 12.9. The fourth-order valence-electron chi connectivity index (χ4n) is 5.02. The van der Waals surface area contributed by atoms with Gasteiger partial charge in [-0.3, -0.25) is 4.79 Å². The summed E-state index contributed by atoms with van der Waals surface area (Å²) >= 11 is 0. The number of anilines is 2. The van der Waals surface area contributed by atoms with Crippen molar-refractivity contribution in [3.8, 4) is 5.75 Å². The average Bonchev–Trinajstić information content (AvgIpc) is 3.00. The van der Waals surface area contributed by atoms with Crippen LogP contribution in [-0.2, 0) is 4.74 Å². The summed E-state index contributed by atoms with van der Waals surface area (Å²) in [4.78, 5) is 20.3. The van der Waals surface area contributed by atoms with Gasteiger partial charge in [-0.05, 0) is 79.4 Å². The van der Waals surface area contributed by atoms with Crippen molar-refractivity contribution in [2.24, 2.45) is 10.9 Å². The molecule has 2 N–H and O–H groups in total. The van der Waals surface area contributed by atoms with Crippen molar-refractivity contribution in [3.63, 3.8) is 0 Å². The molecule has 2 aliphatic rings. The molecular weight excluding hydrogens is 512 g/mol. The lowest BCUT2D eigenvalue weighted by Crippen LogP contribution is -2.36. The van der Waals surface area contributed by atoms with Crippen molar-refractivity contribution in [1.29, 1.82) is 0 Å². The first-order chi connectivity index (χ1) is 20.0. The van der Waals surface area contributed by atoms with Crippen molar-refractivity contribution >= 4 is 23.0 Å². The topological polar surface area (TPSA) is 75.2 Å². The number of nitrogens with one attached hydrogen (secondary N) is 2. The Hall–Kier alpha value is -4.36. The third-order valence-electron chi connectivity index (χ3n) is 7.33. The molecule has 0 radical (unpaired) electrons. The standard InChI is InChI=1S/C34H38N4O3/c1-24-8-4-15-32(27-10-6-13-30(22-27)38-16-18-41-19-17-38)37-33(20-24)35-25(2)26-9-5-12-29(21-26)36-34(39)28-11-7-14-31(23-28)40-3/h4-7,9-15,20-25,35H,8,16-19H2,1-3H3,(H,36,39)/b15-4+,33-20?,37-32?/t24?,25-/m0/s1. The summed E-state index contributed by atoms with van der Waals surface area (Å²) in [6, 6.07) is 23.6. The maximum atomic E-state index is 12.9. The van der Waals surface area contributed by atoms with E-state index in [1.54, 1.807) is 19.2 Å². The van der Waals surface area contributed by atoms with Gasteiger partial charge in [-0.2, -0.15) is 0 Å². The Morgan fingerprint density at radius 2 is 1.85 bits per heavy atom. The van der Waals surface area contributed by atoms with Crippen LogP contribution < -0.4 is 20.3 Å². The van der Waals surface area contributed by atoms with E-state index in [0.29, 0.717) is 17.2 Å². The smallest absolute Gasteiger partial charge is 0.255 e. The van der Waals surface area contributed by atoms with Gasteiger partial charge in [0.2, 0.25) is 0 Å². The van der Waals surface area contributed by atoms with E-state index in [1.807, 2.05) is 30.3 Å². The van der Waals surface area contributed by atoms with Crippen molar-refractivity contribution < 1.29 is 14.3 Å². The van der Waals surface area contributed by atoms with Crippen LogP contribution in [0.2, 0.25) is 0 Å². The summed E-state index contributed by atoms with van der Waals surface area (Å²) in [5, 5.41) is 6.63. The second kappa shape index (κ2) is 13.3. The summed E-state index contributed by atoms with van der Waals surface area (Å²) in [6.45, 7) is 7.61. The monoisotopic (exact) mass is 550 g/mol. The van der Waals surface area contributed by atoms with Crippen molar-refractivity contribution in [1.82, 2.24) is 5.32 Å². The van der Waals surface area contributed by atoms with Gasteiger partial charge in [0.15, 0.2) is 0 Å². The molecule has 2 aliphatic heterocycles. The molecule has 2 atom stereocenters. The highest BCUT2D eigenvalue weighted by molar-refractivity contribution is 6.09. The predicted molar refractivity (Wildman–Crippen MR) is 166 cm³/mol. The molecule has 5 rings (SSSR count). The lowest BCUT2D eigenvalue weighted by Gasteiger charge is -2.29. The summed E-state index contributed by atoms with van der Waals surface area (Å²) in [6.07, 6.45) is 7.47. The zero-order valence-electron chi connectivity index (χ0n) is 24.0. The zero-order chi connectivity index (χ0) is 28.6. The van der Waals surface area contributed by atoms with E-state index in [9.17, 15) is 4.79 Å². The Bertz CT molecular complexity index is 1460. The molecule has 1 saturated heterocycles. The Labute approximate surface area is 242 Å². The predicted octanol–water partition coefficient (Wildman–Crippen LogP) is 6.36. The first-order valence-corrected chi connectivity index (χ1v) is 14.2. The Morgan fingerprint density at radius 3 is 2.68 bits per heavy atom. The summed E-state index contributed by atoms with van der Waals surface area (Å²) in [5.74, 6) is 1.65. The minimum Gasteiger partial charge on any atom is -0.497 e. The van der Waals surface area contributed by atoms with Crippen LogP contribution in [0.15, 0.2) is 102 Å². The number of hydrogen-bond donors (Lipinski definition) is 2. The van der Waals surface area contributed by atoms with Crippen LogP contribution in [0.4, 0.5) is 11.4 Å². The molecule has 212 valence electrons. The molecule has 41 heavy (non-hydrogen) atoms. The lowest BCUT2D eigenvalue weighted by atomic mass is 10.0. The zero-order valence-corrected chi connectivity index (χ0v) is 24.0. The van der Waals surface area contributed by atoms with Gasteiger partial charge < -0.3 is 25.0 Å². The molecule has 0 aromatic heterocycles. The third-order valence-corrected chi connectivity index (χ3v) is 7.33. The second-order valence-electron chi connectivity index (χ2n) is 10.5. The number of aliphatic imine (C=N–C) groups is 1. The van der Waals surface area contributed by atoms with E-state index in [-0.39, 0.29) is 11.9 Å². The quantitative estimate of drug-likeness (QED) is 0.341. The number of benzene rings is 3. The molecule has 3 aromatic carbocycles. The summed E-state index contributed by atoms with van der Waals surface area (Å²) < 4.78 is 10.8. The molecule has 0 aliphatic carbocycles. The molecule has 1 amide bonds. The Morgan fingerprint density at radius 1 is 1.05 bits per heavy atom. The minimum atomic E-state index is -0.182. The van der Waals surface area contributed by atoms with Crippen LogP contribution in [0.3, 0.4) is 0 Å². The molecule has 1 fully saturated rings. The van der Waals surface area contributed by atoms with Crippen molar-refractivity contribution in [3.05, 3.63) is 114 Å². The number of carbonyl (C=O) groups is 1. The van der Waals surface area contributed by atoms with Crippen molar-refractivity contribution in [2.45, 2.75) is 26.3 Å². The number of morpholine rings is 1. The number of amides is 1. The number of hydrogen-bond acceptors (Lipinski definition) is 6. The molecule has 0 saturated carbocycles. The van der Waals surface area contributed by atoms with E-state index in [1.165, 1.54) is 5.69 Å². The molecule has 7 nitrogen and oxygen atoms in total. The molecule has 0 spiro atoms. The molecule has 7 heteroatoms. The van der Waals surface area contributed by atoms with Crippen LogP contribution in [0.5, 0.6) is 5.75 Å².